The highest BCUT2D eigenvalue weighted by molar-refractivity contribution is 5.88. The van der Waals surface area contributed by atoms with E-state index >= 15 is 0 Å². The maximum atomic E-state index is 12.8. The number of ketones is 1. The number of carboxylic acids is 1. The molecule has 0 spiro atoms. The maximum Gasteiger partial charge on any atom is 0.310 e. The zero-order chi connectivity index (χ0) is 14.8. The number of hydrogen-bond donors (Lipinski definition) is 1. The molecular formula is C16H19FO3. The summed E-state index contributed by atoms with van der Waals surface area (Å²) in [4.78, 5) is 23.7. The van der Waals surface area contributed by atoms with Gasteiger partial charge in [-0.1, -0.05) is 19.1 Å². The summed E-state index contributed by atoms with van der Waals surface area (Å²) < 4.78 is 12.8. The van der Waals surface area contributed by atoms with Crippen LogP contribution >= 0.6 is 0 Å². The van der Waals surface area contributed by atoms with Gasteiger partial charge >= 0.3 is 5.97 Å². The Labute approximate surface area is 117 Å². The second-order valence-electron chi connectivity index (χ2n) is 5.61. The lowest BCUT2D eigenvalue weighted by atomic mass is 9.75. The lowest BCUT2D eigenvalue weighted by Gasteiger charge is -2.27. The molecular weight excluding hydrogens is 259 g/mol. The molecule has 1 aliphatic rings. The van der Waals surface area contributed by atoms with Crippen molar-refractivity contribution < 1.29 is 19.1 Å². The number of halogens is 1. The van der Waals surface area contributed by atoms with E-state index < -0.39 is 11.4 Å². The fourth-order valence-corrected chi connectivity index (χ4v) is 2.84. The largest absolute Gasteiger partial charge is 0.481 e. The number of Topliss-reactive ketones (excluding diaryl/α,β-unsaturated/α-hetero) is 1. The minimum atomic E-state index is -0.906. The normalized spacial score (nSPS) is 17.5. The van der Waals surface area contributed by atoms with Crippen LogP contribution in [0.2, 0.25) is 0 Å². The fourth-order valence-electron chi connectivity index (χ4n) is 2.84. The molecule has 1 atom stereocenters. The maximum absolute atomic E-state index is 12.8. The van der Waals surface area contributed by atoms with Gasteiger partial charge in [0.25, 0.3) is 0 Å². The molecule has 0 amide bonds. The lowest BCUT2D eigenvalue weighted by Crippen LogP contribution is -2.35. The highest BCUT2D eigenvalue weighted by Gasteiger charge is 2.50. The van der Waals surface area contributed by atoms with Crippen molar-refractivity contribution in [2.24, 2.45) is 11.3 Å². The molecule has 0 heterocycles. The zero-order valence-electron chi connectivity index (χ0n) is 11.6. The van der Waals surface area contributed by atoms with Gasteiger partial charge < -0.3 is 5.11 Å². The first-order valence-corrected chi connectivity index (χ1v) is 6.97. The molecule has 4 heteroatoms. The molecule has 0 bridgehead atoms. The van der Waals surface area contributed by atoms with Crippen LogP contribution in [0, 0.1) is 17.2 Å². The molecule has 1 aliphatic carbocycles. The van der Waals surface area contributed by atoms with Crippen molar-refractivity contribution in [1.29, 1.82) is 0 Å². The van der Waals surface area contributed by atoms with Gasteiger partial charge in [-0.05, 0) is 42.9 Å². The van der Waals surface area contributed by atoms with Gasteiger partial charge in [0.2, 0.25) is 0 Å². The Bertz CT molecular complexity index is 505. The minimum absolute atomic E-state index is 0.0703. The van der Waals surface area contributed by atoms with E-state index in [1.807, 2.05) is 6.92 Å². The van der Waals surface area contributed by atoms with E-state index in [0.717, 1.165) is 18.4 Å². The van der Waals surface area contributed by atoms with Crippen molar-refractivity contribution in [2.75, 3.05) is 0 Å². The third kappa shape index (κ3) is 3.06. The van der Waals surface area contributed by atoms with Crippen LogP contribution in [0.4, 0.5) is 4.39 Å². The van der Waals surface area contributed by atoms with Gasteiger partial charge in [-0.2, -0.15) is 0 Å². The number of carboxylic acid groups (broad SMARTS) is 1. The Morgan fingerprint density at radius 3 is 2.35 bits per heavy atom. The van der Waals surface area contributed by atoms with Crippen LogP contribution in [-0.2, 0) is 16.0 Å². The van der Waals surface area contributed by atoms with Crippen LogP contribution in [0.1, 0.15) is 38.2 Å². The van der Waals surface area contributed by atoms with E-state index in [9.17, 15) is 19.1 Å². The highest BCUT2D eigenvalue weighted by atomic mass is 19.1. The molecule has 20 heavy (non-hydrogen) atoms. The topological polar surface area (TPSA) is 54.4 Å². The van der Waals surface area contributed by atoms with Gasteiger partial charge in [-0.3, -0.25) is 9.59 Å². The first kappa shape index (κ1) is 14.7. The van der Waals surface area contributed by atoms with Crippen LogP contribution in [0.3, 0.4) is 0 Å². The minimum Gasteiger partial charge on any atom is -0.481 e. The summed E-state index contributed by atoms with van der Waals surface area (Å²) in [6.45, 7) is 1.83. The van der Waals surface area contributed by atoms with Crippen LogP contribution in [0.15, 0.2) is 24.3 Å². The van der Waals surface area contributed by atoms with Crippen molar-refractivity contribution in [3.05, 3.63) is 35.6 Å². The molecule has 1 aromatic carbocycles. The van der Waals surface area contributed by atoms with Crippen LogP contribution < -0.4 is 0 Å². The third-order valence-corrected chi connectivity index (χ3v) is 4.24. The van der Waals surface area contributed by atoms with Gasteiger partial charge in [0, 0.05) is 12.8 Å². The van der Waals surface area contributed by atoms with Crippen molar-refractivity contribution in [3.63, 3.8) is 0 Å². The van der Waals surface area contributed by atoms with E-state index in [1.54, 1.807) is 12.1 Å². The highest BCUT2D eigenvalue weighted by Crippen LogP contribution is 2.50. The number of rotatable bonds is 7. The van der Waals surface area contributed by atoms with Gasteiger partial charge in [0.15, 0.2) is 0 Å². The third-order valence-electron chi connectivity index (χ3n) is 4.24. The van der Waals surface area contributed by atoms with E-state index in [4.69, 9.17) is 0 Å². The quantitative estimate of drug-likeness (QED) is 0.833. The summed E-state index contributed by atoms with van der Waals surface area (Å²) in [5.41, 5.74) is -0.181. The van der Waals surface area contributed by atoms with Crippen LogP contribution in [0.5, 0.6) is 0 Å². The Balaban J connectivity index is 2.05. The molecule has 0 aliphatic heterocycles. The molecule has 2 rings (SSSR count). The van der Waals surface area contributed by atoms with Gasteiger partial charge in [0.1, 0.15) is 11.6 Å². The van der Waals surface area contributed by atoms with Crippen molar-refractivity contribution in [2.45, 2.75) is 39.0 Å². The molecule has 108 valence electrons. The summed E-state index contributed by atoms with van der Waals surface area (Å²) in [5, 5.41) is 9.48. The van der Waals surface area contributed by atoms with E-state index in [-0.39, 0.29) is 30.4 Å². The summed E-state index contributed by atoms with van der Waals surface area (Å²) in [7, 11) is 0. The van der Waals surface area contributed by atoms with Gasteiger partial charge in [-0.15, -0.1) is 0 Å². The Hall–Kier alpha value is -1.71. The number of carbonyl (C=O) groups is 2. The summed E-state index contributed by atoms with van der Waals surface area (Å²) >= 11 is 0. The average molecular weight is 278 g/mol. The zero-order valence-corrected chi connectivity index (χ0v) is 11.6. The van der Waals surface area contributed by atoms with Crippen molar-refractivity contribution >= 4 is 11.8 Å². The molecule has 0 aromatic heterocycles. The van der Waals surface area contributed by atoms with Gasteiger partial charge in [0.05, 0.1) is 5.41 Å². The van der Waals surface area contributed by atoms with E-state index in [1.165, 1.54) is 12.1 Å². The van der Waals surface area contributed by atoms with E-state index in [2.05, 4.69) is 0 Å². The molecule has 0 saturated heterocycles. The lowest BCUT2D eigenvalue weighted by molar-refractivity contribution is -0.153. The number of aliphatic carboxylic acids is 1. The standard InChI is InChI=1S/C16H19FO3/c1-2-16(15(19)20,12-5-6-12)10-14(18)9-11-3-7-13(17)8-4-11/h3-4,7-8,12H,2,5-6,9-10H2,1H3,(H,19,20). The second kappa shape index (κ2) is 5.73. The Morgan fingerprint density at radius 2 is 1.90 bits per heavy atom. The van der Waals surface area contributed by atoms with Gasteiger partial charge in [-0.25, -0.2) is 4.39 Å². The Morgan fingerprint density at radius 1 is 1.30 bits per heavy atom. The molecule has 1 aromatic rings. The number of carbonyl (C=O) groups excluding carboxylic acids is 1. The van der Waals surface area contributed by atoms with Crippen LogP contribution in [0.25, 0.3) is 0 Å². The summed E-state index contributed by atoms with van der Waals surface area (Å²) in [6.07, 6.45) is 2.50. The fraction of sp³-hybridized carbons (Fsp3) is 0.500. The van der Waals surface area contributed by atoms with Crippen LogP contribution in [-0.4, -0.2) is 16.9 Å². The van der Waals surface area contributed by atoms with Crippen molar-refractivity contribution in [1.82, 2.24) is 0 Å². The van der Waals surface area contributed by atoms with Crippen molar-refractivity contribution in [3.8, 4) is 0 Å². The first-order chi connectivity index (χ1) is 9.48. The smallest absolute Gasteiger partial charge is 0.310 e. The second-order valence-corrected chi connectivity index (χ2v) is 5.61. The number of hydrogen-bond acceptors (Lipinski definition) is 2. The first-order valence-electron chi connectivity index (χ1n) is 6.97. The molecule has 0 radical (unpaired) electrons. The average Bonchev–Trinajstić information content (AvgIpc) is 3.23. The molecule has 1 fully saturated rings. The number of benzene rings is 1. The molecule has 1 unspecified atom stereocenters. The summed E-state index contributed by atoms with van der Waals surface area (Å²) in [5.74, 6) is -1.17. The summed E-state index contributed by atoms with van der Waals surface area (Å²) in [6, 6.07) is 5.76. The monoisotopic (exact) mass is 278 g/mol. The predicted octanol–water partition coefficient (Wildman–Crippen LogP) is 3.22. The van der Waals surface area contributed by atoms with E-state index in [0.29, 0.717) is 6.42 Å². The molecule has 1 N–H and O–H groups in total. The SMILES string of the molecule is CCC(CC(=O)Cc1ccc(F)cc1)(C(=O)O)C1CC1. The Kier molecular flexibility index (Phi) is 4.21. The molecule has 1 saturated carbocycles. The molecule has 3 nitrogen and oxygen atoms in total. The predicted molar refractivity (Wildman–Crippen MR) is 72.8 cm³/mol.